The number of hydrogen-bond donors (Lipinski definition) is 2. The minimum absolute atomic E-state index is 0.145. The van der Waals surface area contributed by atoms with E-state index in [-0.39, 0.29) is 5.84 Å². The van der Waals surface area contributed by atoms with Gasteiger partial charge in [-0.1, -0.05) is 5.92 Å². The van der Waals surface area contributed by atoms with Crippen LogP contribution in [0, 0.1) is 28.6 Å². The Hall–Kier alpha value is -1.48. The largest absolute Gasteiger partial charge is 0.377 e. The molecule has 0 amide bonds. The molecule has 0 unspecified atom stereocenters. The van der Waals surface area contributed by atoms with Crippen molar-refractivity contribution in [2.24, 2.45) is 5.73 Å². The van der Waals surface area contributed by atoms with Crippen molar-refractivity contribution >= 4 is 5.84 Å². The van der Waals surface area contributed by atoms with Crippen LogP contribution in [0.4, 0.5) is 0 Å². The SMILES string of the molecule is N#CCCC#CC(=N)N. The average molecular weight is 121 g/mol. The van der Waals surface area contributed by atoms with Crippen molar-refractivity contribution in [3.05, 3.63) is 0 Å². The fourth-order valence-corrected chi connectivity index (χ4v) is 0.276. The first-order chi connectivity index (χ1) is 4.27. The lowest BCUT2D eigenvalue weighted by Crippen LogP contribution is -2.04. The Labute approximate surface area is 54.0 Å². The molecule has 0 aliphatic heterocycles. The van der Waals surface area contributed by atoms with Gasteiger partial charge in [0.1, 0.15) is 0 Å². The summed E-state index contributed by atoms with van der Waals surface area (Å²) >= 11 is 0. The van der Waals surface area contributed by atoms with Crippen molar-refractivity contribution < 1.29 is 0 Å². The molecule has 9 heavy (non-hydrogen) atoms. The van der Waals surface area contributed by atoms with Crippen LogP contribution in [0.5, 0.6) is 0 Å². The summed E-state index contributed by atoms with van der Waals surface area (Å²) in [4.78, 5) is 0. The molecule has 0 heterocycles. The molecule has 0 radical (unpaired) electrons. The lowest BCUT2D eigenvalue weighted by molar-refractivity contribution is 1.09. The Bertz CT molecular complexity index is 189. The summed E-state index contributed by atoms with van der Waals surface area (Å²) < 4.78 is 0. The summed E-state index contributed by atoms with van der Waals surface area (Å²) in [6.45, 7) is 0. The fraction of sp³-hybridized carbons (Fsp3) is 0.333. The van der Waals surface area contributed by atoms with Gasteiger partial charge in [0, 0.05) is 12.8 Å². The molecule has 0 aliphatic carbocycles. The molecule has 3 N–H and O–H groups in total. The summed E-state index contributed by atoms with van der Waals surface area (Å²) in [5.74, 6) is 4.76. The second kappa shape index (κ2) is 4.67. The van der Waals surface area contributed by atoms with Crippen molar-refractivity contribution in [2.45, 2.75) is 12.8 Å². The number of rotatable bonds is 1. The third kappa shape index (κ3) is 6.52. The van der Waals surface area contributed by atoms with Crippen LogP contribution in [-0.2, 0) is 0 Å². The highest BCUT2D eigenvalue weighted by Gasteiger charge is 1.75. The molecular formula is C6H7N3. The monoisotopic (exact) mass is 121 g/mol. The van der Waals surface area contributed by atoms with E-state index < -0.39 is 0 Å². The molecule has 0 aliphatic rings. The van der Waals surface area contributed by atoms with Crippen LogP contribution < -0.4 is 5.73 Å². The number of amidine groups is 1. The first-order valence-electron chi connectivity index (χ1n) is 2.47. The van der Waals surface area contributed by atoms with Crippen LogP contribution in [0.15, 0.2) is 0 Å². The topological polar surface area (TPSA) is 73.7 Å². The molecule has 0 saturated heterocycles. The predicted octanol–water partition coefficient (Wildman–Crippen LogP) is 0.230. The summed E-state index contributed by atoms with van der Waals surface area (Å²) in [5.41, 5.74) is 4.90. The molecule has 46 valence electrons. The maximum Gasteiger partial charge on any atom is 0.168 e. The van der Waals surface area contributed by atoms with Gasteiger partial charge in [0.25, 0.3) is 0 Å². The molecule has 0 spiro atoms. The van der Waals surface area contributed by atoms with E-state index in [9.17, 15) is 0 Å². The number of nitrogens with zero attached hydrogens (tertiary/aromatic N) is 1. The van der Waals surface area contributed by atoms with Crippen molar-refractivity contribution in [3.63, 3.8) is 0 Å². The number of unbranched alkanes of at least 4 members (excludes halogenated alkanes) is 1. The Morgan fingerprint density at radius 2 is 2.22 bits per heavy atom. The highest BCUT2D eigenvalue weighted by molar-refractivity contribution is 5.94. The van der Waals surface area contributed by atoms with Crippen molar-refractivity contribution in [1.29, 1.82) is 10.7 Å². The molecule has 0 aromatic rings. The summed E-state index contributed by atoms with van der Waals surface area (Å²) in [6, 6.07) is 1.93. The van der Waals surface area contributed by atoms with Crippen LogP contribution in [-0.4, -0.2) is 5.84 Å². The Balaban J connectivity index is 3.41. The van der Waals surface area contributed by atoms with Gasteiger partial charge in [-0.2, -0.15) is 5.26 Å². The van der Waals surface area contributed by atoms with E-state index in [0.717, 1.165) is 0 Å². The van der Waals surface area contributed by atoms with Gasteiger partial charge in [-0.25, -0.2) is 0 Å². The minimum atomic E-state index is -0.145. The second-order valence-electron chi connectivity index (χ2n) is 1.37. The Morgan fingerprint density at radius 3 is 2.67 bits per heavy atom. The lowest BCUT2D eigenvalue weighted by atomic mass is 10.3. The minimum Gasteiger partial charge on any atom is -0.377 e. The zero-order valence-electron chi connectivity index (χ0n) is 4.94. The smallest absolute Gasteiger partial charge is 0.168 e. The van der Waals surface area contributed by atoms with E-state index in [1.54, 1.807) is 0 Å². The molecule has 0 aromatic heterocycles. The van der Waals surface area contributed by atoms with Gasteiger partial charge in [0.15, 0.2) is 5.84 Å². The number of hydrogen-bond acceptors (Lipinski definition) is 2. The number of nitriles is 1. The van der Waals surface area contributed by atoms with E-state index in [4.69, 9.17) is 16.4 Å². The lowest BCUT2D eigenvalue weighted by Gasteiger charge is -1.76. The third-order valence-corrected chi connectivity index (χ3v) is 0.585. The summed E-state index contributed by atoms with van der Waals surface area (Å²) in [7, 11) is 0. The van der Waals surface area contributed by atoms with E-state index in [0.29, 0.717) is 12.8 Å². The van der Waals surface area contributed by atoms with Gasteiger partial charge < -0.3 is 5.73 Å². The van der Waals surface area contributed by atoms with Gasteiger partial charge in [-0.05, 0) is 5.92 Å². The molecular weight excluding hydrogens is 114 g/mol. The van der Waals surface area contributed by atoms with Gasteiger partial charge in [-0.15, -0.1) is 0 Å². The van der Waals surface area contributed by atoms with Gasteiger partial charge in [0.05, 0.1) is 6.07 Å². The first-order valence-corrected chi connectivity index (χ1v) is 2.47. The van der Waals surface area contributed by atoms with Crippen molar-refractivity contribution in [2.75, 3.05) is 0 Å². The van der Waals surface area contributed by atoms with Gasteiger partial charge >= 0.3 is 0 Å². The fourth-order valence-electron chi connectivity index (χ4n) is 0.276. The quantitative estimate of drug-likeness (QED) is 0.225. The molecule has 0 rings (SSSR count). The molecule has 0 atom stereocenters. The molecule has 0 saturated carbocycles. The van der Waals surface area contributed by atoms with E-state index in [1.807, 2.05) is 6.07 Å². The normalized spacial score (nSPS) is 6.56. The first kappa shape index (κ1) is 7.52. The Kier molecular flexibility index (Phi) is 3.90. The summed E-state index contributed by atoms with van der Waals surface area (Å²) in [6.07, 6.45) is 0.899. The van der Waals surface area contributed by atoms with Crippen LogP contribution >= 0.6 is 0 Å². The molecule has 3 nitrogen and oxygen atoms in total. The number of nitrogens with one attached hydrogen (secondary N) is 1. The summed E-state index contributed by atoms with van der Waals surface area (Å²) in [5, 5.41) is 14.7. The maximum absolute atomic E-state index is 8.03. The highest BCUT2D eigenvalue weighted by Crippen LogP contribution is 1.80. The van der Waals surface area contributed by atoms with Gasteiger partial charge in [-0.3, -0.25) is 5.41 Å². The van der Waals surface area contributed by atoms with E-state index >= 15 is 0 Å². The van der Waals surface area contributed by atoms with Crippen LogP contribution in [0.1, 0.15) is 12.8 Å². The van der Waals surface area contributed by atoms with E-state index in [1.165, 1.54) is 0 Å². The number of nitrogens with two attached hydrogens (primary N) is 1. The zero-order valence-corrected chi connectivity index (χ0v) is 4.94. The standard InChI is InChI=1S/C6H7N3/c7-5-3-1-2-4-6(8)9/h1,3H2,(H3,8,9). The van der Waals surface area contributed by atoms with E-state index in [2.05, 4.69) is 11.8 Å². The Morgan fingerprint density at radius 1 is 1.56 bits per heavy atom. The molecule has 3 heteroatoms. The molecule has 0 bridgehead atoms. The molecule has 0 aromatic carbocycles. The van der Waals surface area contributed by atoms with Crippen molar-refractivity contribution in [3.8, 4) is 17.9 Å². The maximum atomic E-state index is 8.03. The van der Waals surface area contributed by atoms with Crippen LogP contribution in [0.2, 0.25) is 0 Å². The average Bonchev–Trinajstić information content (AvgIpc) is 1.80. The van der Waals surface area contributed by atoms with Crippen LogP contribution in [0.3, 0.4) is 0 Å². The van der Waals surface area contributed by atoms with Crippen molar-refractivity contribution in [1.82, 2.24) is 0 Å². The highest BCUT2D eigenvalue weighted by atomic mass is 14.7. The zero-order chi connectivity index (χ0) is 7.11. The third-order valence-electron chi connectivity index (χ3n) is 0.585. The molecule has 0 fully saturated rings. The predicted molar refractivity (Wildman–Crippen MR) is 34.5 cm³/mol. The van der Waals surface area contributed by atoms with Gasteiger partial charge in [0.2, 0.25) is 0 Å². The second-order valence-corrected chi connectivity index (χ2v) is 1.37. The van der Waals surface area contributed by atoms with Crippen LogP contribution in [0.25, 0.3) is 0 Å².